The molecule has 0 spiro atoms. The van der Waals surface area contributed by atoms with Gasteiger partial charge in [0.15, 0.2) is 5.82 Å². The molecule has 0 radical (unpaired) electrons. The summed E-state index contributed by atoms with van der Waals surface area (Å²) in [5.41, 5.74) is 5.50. The zero-order valence-corrected chi connectivity index (χ0v) is 7.31. The molecule has 5 heteroatoms. The van der Waals surface area contributed by atoms with E-state index in [1.54, 1.807) is 0 Å². The van der Waals surface area contributed by atoms with E-state index in [0.29, 0.717) is 5.82 Å². The molecule has 68 valence electrons. The van der Waals surface area contributed by atoms with Gasteiger partial charge in [-0.3, -0.25) is 0 Å². The van der Waals surface area contributed by atoms with Gasteiger partial charge in [-0.15, -0.1) is 5.10 Å². The molecule has 0 aliphatic rings. The molecule has 0 saturated heterocycles. The Kier molecular flexibility index (Phi) is 3.59. The zero-order chi connectivity index (χ0) is 9.52. The Bertz CT molecular complexity index is 316. The van der Waals surface area contributed by atoms with E-state index in [2.05, 4.69) is 26.4 Å². The summed E-state index contributed by atoms with van der Waals surface area (Å²) in [4.78, 5) is 0. The van der Waals surface area contributed by atoms with E-state index in [1.807, 2.05) is 30.3 Å². The standard InChI is InChI=1S/C7H6N4.CH5N/c1-2-4-6(5-3-1)7-8-10-11-9-7;1-2/h1-5H,(H,8,9,10,11);2H2,1H3. The van der Waals surface area contributed by atoms with Crippen LogP contribution in [0.2, 0.25) is 0 Å². The largest absolute Gasteiger partial charge is 0.333 e. The van der Waals surface area contributed by atoms with Gasteiger partial charge in [-0.25, -0.2) is 5.10 Å². The Labute approximate surface area is 76.0 Å². The van der Waals surface area contributed by atoms with Crippen molar-refractivity contribution in [1.82, 2.24) is 20.6 Å². The summed E-state index contributed by atoms with van der Waals surface area (Å²) in [7, 11) is 1.50. The average Bonchev–Trinajstić information content (AvgIpc) is 2.75. The quantitative estimate of drug-likeness (QED) is 0.662. The number of benzene rings is 1. The van der Waals surface area contributed by atoms with E-state index in [-0.39, 0.29) is 0 Å². The SMILES string of the molecule is CN.c1ccc(-c2nnn[nH]2)cc1. The maximum absolute atomic E-state index is 4.50. The van der Waals surface area contributed by atoms with E-state index in [1.165, 1.54) is 7.05 Å². The topological polar surface area (TPSA) is 80.5 Å². The number of H-pyrrole nitrogens is 1. The number of aromatic nitrogens is 4. The van der Waals surface area contributed by atoms with E-state index < -0.39 is 0 Å². The predicted molar refractivity (Wildman–Crippen MR) is 49.7 cm³/mol. The molecule has 1 aromatic carbocycles. The fourth-order valence-corrected chi connectivity index (χ4v) is 0.877. The normalized spacial score (nSPS) is 8.77. The van der Waals surface area contributed by atoms with Gasteiger partial charge in [0.05, 0.1) is 0 Å². The fourth-order valence-electron chi connectivity index (χ4n) is 0.877. The monoisotopic (exact) mass is 177 g/mol. The van der Waals surface area contributed by atoms with Crippen LogP contribution < -0.4 is 5.73 Å². The minimum atomic E-state index is 0.700. The third-order valence-electron chi connectivity index (χ3n) is 1.39. The van der Waals surface area contributed by atoms with Gasteiger partial charge in [0.2, 0.25) is 0 Å². The highest BCUT2D eigenvalue weighted by molar-refractivity contribution is 5.52. The maximum atomic E-state index is 4.50. The van der Waals surface area contributed by atoms with E-state index in [9.17, 15) is 0 Å². The second kappa shape index (κ2) is 5.00. The summed E-state index contributed by atoms with van der Waals surface area (Å²) < 4.78 is 0. The summed E-state index contributed by atoms with van der Waals surface area (Å²) in [6, 6.07) is 9.73. The molecular weight excluding hydrogens is 166 g/mol. The Morgan fingerprint density at radius 3 is 2.38 bits per heavy atom. The molecule has 0 bridgehead atoms. The first-order chi connectivity index (χ1) is 6.47. The lowest BCUT2D eigenvalue weighted by molar-refractivity contribution is 0.881. The molecule has 1 aromatic heterocycles. The van der Waals surface area contributed by atoms with Gasteiger partial charge in [-0.1, -0.05) is 30.3 Å². The van der Waals surface area contributed by atoms with Gasteiger partial charge in [0.1, 0.15) is 0 Å². The first-order valence-electron chi connectivity index (χ1n) is 3.84. The van der Waals surface area contributed by atoms with E-state index >= 15 is 0 Å². The Hall–Kier alpha value is -1.75. The fraction of sp³-hybridized carbons (Fsp3) is 0.125. The van der Waals surface area contributed by atoms with Crippen molar-refractivity contribution < 1.29 is 0 Å². The molecule has 0 saturated carbocycles. The molecule has 13 heavy (non-hydrogen) atoms. The molecule has 0 unspecified atom stereocenters. The highest BCUT2D eigenvalue weighted by atomic mass is 15.5. The Morgan fingerprint density at radius 2 is 1.85 bits per heavy atom. The molecule has 0 aliphatic carbocycles. The van der Waals surface area contributed by atoms with Crippen molar-refractivity contribution in [3.05, 3.63) is 30.3 Å². The van der Waals surface area contributed by atoms with E-state index in [4.69, 9.17) is 0 Å². The Morgan fingerprint density at radius 1 is 1.15 bits per heavy atom. The molecule has 0 aliphatic heterocycles. The minimum absolute atomic E-state index is 0.700. The van der Waals surface area contributed by atoms with Crippen molar-refractivity contribution in [3.63, 3.8) is 0 Å². The number of hydrogen-bond donors (Lipinski definition) is 2. The van der Waals surface area contributed by atoms with Crippen LogP contribution in [-0.4, -0.2) is 27.7 Å². The molecule has 3 N–H and O–H groups in total. The molecule has 5 nitrogen and oxygen atoms in total. The van der Waals surface area contributed by atoms with Crippen LogP contribution in [0.1, 0.15) is 0 Å². The summed E-state index contributed by atoms with van der Waals surface area (Å²) in [6.45, 7) is 0. The van der Waals surface area contributed by atoms with Crippen LogP contribution in [0.5, 0.6) is 0 Å². The maximum Gasteiger partial charge on any atom is 0.179 e. The summed E-state index contributed by atoms with van der Waals surface area (Å²) in [5.74, 6) is 0.700. The first-order valence-corrected chi connectivity index (χ1v) is 3.84. The molecule has 0 amide bonds. The number of nitrogens with one attached hydrogen (secondary N) is 1. The minimum Gasteiger partial charge on any atom is -0.333 e. The van der Waals surface area contributed by atoms with Crippen molar-refractivity contribution in [2.24, 2.45) is 5.73 Å². The molecular formula is C8H11N5. The van der Waals surface area contributed by atoms with Crippen LogP contribution in [0.15, 0.2) is 30.3 Å². The van der Waals surface area contributed by atoms with Gasteiger partial charge in [0, 0.05) is 5.56 Å². The molecule has 0 fully saturated rings. The predicted octanol–water partition coefficient (Wildman–Crippen LogP) is 0.442. The van der Waals surface area contributed by atoms with Crippen LogP contribution in [0.3, 0.4) is 0 Å². The van der Waals surface area contributed by atoms with Crippen LogP contribution in [-0.2, 0) is 0 Å². The summed E-state index contributed by atoms with van der Waals surface area (Å²) in [5, 5.41) is 13.4. The van der Waals surface area contributed by atoms with Crippen molar-refractivity contribution in [1.29, 1.82) is 0 Å². The third-order valence-corrected chi connectivity index (χ3v) is 1.39. The second-order valence-electron chi connectivity index (χ2n) is 2.12. The number of aromatic amines is 1. The lowest BCUT2D eigenvalue weighted by Crippen LogP contribution is -1.78. The lowest BCUT2D eigenvalue weighted by Gasteiger charge is -1.90. The first kappa shape index (κ1) is 9.34. The highest BCUT2D eigenvalue weighted by Crippen LogP contribution is 2.10. The van der Waals surface area contributed by atoms with Gasteiger partial charge >= 0.3 is 0 Å². The molecule has 1 heterocycles. The van der Waals surface area contributed by atoms with Crippen LogP contribution in [0.4, 0.5) is 0 Å². The second-order valence-corrected chi connectivity index (χ2v) is 2.12. The number of tetrazole rings is 1. The number of nitrogens with zero attached hydrogens (tertiary/aromatic N) is 3. The molecule has 2 rings (SSSR count). The number of nitrogens with two attached hydrogens (primary N) is 1. The van der Waals surface area contributed by atoms with Crippen LogP contribution in [0.25, 0.3) is 11.4 Å². The molecule has 2 aromatic rings. The van der Waals surface area contributed by atoms with Crippen molar-refractivity contribution >= 4 is 0 Å². The average molecular weight is 177 g/mol. The summed E-state index contributed by atoms with van der Waals surface area (Å²) >= 11 is 0. The smallest absolute Gasteiger partial charge is 0.179 e. The van der Waals surface area contributed by atoms with Crippen molar-refractivity contribution in [3.8, 4) is 11.4 Å². The number of hydrogen-bond acceptors (Lipinski definition) is 4. The van der Waals surface area contributed by atoms with Gasteiger partial charge in [-0.2, -0.15) is 0 Å². The van der Waals surface area contributed by atoms with Gasteiger partial charge < -0.3 is 5.73 Å². The highest BCUT2D eigenvalue weighted by Gasteiger charge is 1.97. The van der Waals surface area contributed by atoms with Crippen LogP contribution in [0, 0.1) is 0 Å². The Balaban J connectivity index is 0.000000396. The summed E-state index contributed by atoms with van der Waals surface area (Å²) in [6.07, 6.45) is 0. The third kappa shape index (κ3) is 2.34. The number of rotatable bonds is 1. The van der Waals surface area contributed by atoms with Gasteiger partial charge in [0.25, 0.3) is 0 Å². The van der Waals surface area contributed by atoms with Crippen molar-refractivity contribution in [2.45, 2.75) is 0 Å². The lowest BCUT2D eigenvalue weighted by atomic mass is 10.2. The van der Waals surface area contributed by atoms with Crippen molar-refractivity contribution in [2.75, 3.05) is 7.05 Å². The van der Waals surface area contributed by atoms with Gasteiger partial charge in [-0.05, 0) is 17.5 Å². The zero-order valence-electron chi connectivity index (χ0n) is 7.31. The van der Waals surface area contributed by atoms with E-state index in [0.717, 1.165) is 5.56 Å². The molecule has 0 atom stereocenters. The van der Waals surface area contributed by atoms with Crippen LogP contribution >= 0.6 is 0 Å².